The van der Waals surface area contributed by atoms with Gasteiger partial charge in [-0.05, 0) is 32.3 Å². The molecule has 0 saturated heterocycles. The molecule has 3 nitrogen and oxygen atoms in total. The van der Waals surface area contributed by atoms with Gasteiger partial charge in [-0.2, -0.15) is 0 Å². The van der Waals surface area contributed by atoms with Crippen molar-refractivity contribution in [2.45, 2.75) is 53.1 Å². The largest absolute Gasteiger partial charge is 0.468 e. The fourth-order valence-electron chi connectivity index (χ4n) is 2.45. The van der Waals surface area contributed by atoms with E-state index < -0.39 is 0 Å². The highest BCUT2D eigenvalue weighted by molar-refractivity contribution is 5.76. The van der Waals surface area contributed by atoms with E-state index in [0.29, 0.717) is 0 Å². The van der Waals surface area contributed by atoms with Crippen molar-refractivity contribution < 1.29 is 9.53 Å². The monoisotopic (exact) mass is 277 g/mol. The Kier molecular flexibility index (Phi) is 6.21. The first-order valence-corrected chi connectivity index (χ1v) is 7.31. The smallest absolute Gasteiger partial charge is 0.323 e. The number of methoxy groups -OCH3 is 1. The van der Waals surface area contributed by atoms with E-state index in [9.17, 15) is 4.79 Å². The van der Waals surface area contributed by atoms with Gasteiger partial charge in [0.05, 0.1) is 7.11 Å². The third-order valence-corrected chi connectivity index (χ3v) is 3.84. The van der Waals surface area contributed by atoms with Crippen LogP contribution in [-0.2, 0) is 9.53 Å². The molecule has 112 valence electrons. The van der Waals surface area contributed by atoms with Crippen molar-refractivity contribution in [3.8, 4) is 0 Å². The summed E-state index contributed by atoms with van der Waals surface area (Å²) in [5, 5.41) is 3.41. The molecule has 3 unspecified atom stereocenters. The summed E-state index contributed by atoms with van der Waals surface area (Å²) >= 11 is 0. The van der Waals surface area contributed by atoms with Crippen LogP contribution < -0.4 is 5.32 Å². The molecule has 3 heteroatoms. The number of carbonyl (C=O) groups excluding carboxylic acids is 1. The number of benzene rings is 1. The summed E-state index contributed by atoms with van der Waals surface area (Å²) < 4.78 is 4.92. The van der Waals surface area contributed by atoms with E-state index >= 15 is 0 Å². The van der Waals surface area contributed by atoms with Gasteiger partial charge >= 0.3 is 5.97 Å². The maximum atomic E-state index is 11.9. The Labute approximate surface area is 122 Å². The molecule has 0 aliphatic heterocycles. The van der Waals surface area contributed by atoms with Crippen molar-refractivity contribution >= 4 is 5.97 Å². The minimum Gasteiger partial charge on any atom is -0.468 e. The lowest BCUT2D eigenvalue weighted by Crippen LogP contribution is -2.43. The Balaban J connectivity index is 2.89. The third kappa shape index (κ3) is 4.34. The molecule has 0 bridgehead atoms. The highest BCUT2D eigenvalue weighted by Crippen LogP contribution is 2.19. The predicted octanol–water partition coefficient (Wildman–Crippen LogP) is 3.54. The van der Waals surface area contributed by atoms with Crippen molar-refractivity contribution in [2.75, 3.05) is 7.11 Å². The second kappa shape index (κ2) is 7.44. The van der Waals surface area contributed by atoms with E-state index in [1.165, 1.54) is 23.8 Å². The molecule has 3 atom stereocenters. The average molecular weight is 277 g/mol. The predicted molar refractivity (Wildman–Crippen MR) is 82.7 cm³/mol. The molecule has 1 aromatic rings. The molecule has 0 amide bonds. The molecule has 1 N–H and O–H groups in total. The van der Waals surface area contributed by atoms with Crippen LogP contribution >= 0.6 is 0 Å². The molecule has 0 aliphatic carbocycles. The lowest BCUT2D eigenvalue weighted by Gasteiger charge is -2.26. The van der Waals surface area contributed by atoms with Gasteiger partial charge in [-0.3, -0.25) is 10.1 Å². The topological polar surface area (TPSA) is 38.3 Å². The van der Waals surface area contributed by atoms with Crippen LogP contribution in [-0.4, -0.2) is 19.1 Å². The normalized spacial score (nSPS) is 15.5. The maximum Gasteiger partial charge on any atom is 0.323 e. The SMILES string of the molecule is CCC(C)C(NC(C)c1cc(C)cc(C)c1)C(=O)OC. The van der Waals surface area contributed by atoms with Gasteiger partial charge in [-0.25, -0.2) is 0 Å². The van der Waals surface area contributed by atoms with Gasteiger partial charge in [0.15, 0.2) is 0 Å². The van der Waals surface area contributed by atoms with Crippen LogP contribution in [0.5, 0.6) is 0 Å². The highest BCUT2D eigenvalue weighted by atomic mass is 16.5. The Bertz CT molecular complexity index is 436. The van der Waals surface area contributed by atoms with Gasteiger partial charge in [0, 0.05) is 6.04 Å². The van der Waals surface area contributed by atoms with Gasteiger partial charge in [0.25, 0.3) is 0 Å². The minimum absolute atomic E-state index is 0.117. The van der Waals surface area contributed by atoms with Gasteiger partial charge in [0.2, 0.25) is 0 Å². The quantitative estimate of drug-likeness (QED) is 0.808. The number of ether oxygens (including phenoxy) is 1. The first-order valence-electron chi connectivity index (χ1n) is 7.31. The summed E-state index contributed by atoms with van der Waals surface area (Å²) in [5.41, 5.74) is 3.69. The first kappa shape index (κ1) is 16.7. The van der Waals surface area contributed by atoms with Gasteiger partial charge in [0.1, 0.15) is 6.04 Å². The number of carbonyl (C=O) groups is 1. The molecule has 0 heterocycles. The van der Waals surface area contributed by atoms with E-state index in [2.05, 4.69) is 58.1 Å². The Hall–Kier alpha value is -1.35. The number of rotatable bonds is 6. The standard InChI is InChI=1S/C17H27NO2/c1-7-13(4)16(17(19)20-6)18-14(5)15-9-11(2)8-12(3)10-15/h8-10,13-14,16,18H,7H2,1-6H3. The highest BCUT2D eigenvalue weighted by Gasteiger charge is 2.26. The van der Waals surface area contributed by atoms with Gasteiger partial charge < -0.3 is 4.74 Å². The van der Waals surface area contributed by atoms with Crippen LogP contribution in [0, 0.1) is 19.8 Å². The minimum atomic E-state index is -0.263. The summed E-state index contributed by atoms with van der Waals surface area (Å²) in [7, 11) is 1.45. The molecule has 0 saturated carbocycles. The molecule has 1 aromatic carbocycles. The summed E-state index contributed by atoms with van der Waals surface area (Å²) in [5.74, 6) is 0.0615. The van der Waals surface area contributed by atoms with E-state index in [0.717, 1.165) is 6.42 Å². The molecular weight excluding hydrogens is 250 g/mol. The molecule has 20 heavy (non-hydrogen) atoms. The molecule has 0 fully saturated rings. The second-order valence-corrected chi connectivity index (χ2v) is 5.70. The van der Waals surface area contributed by atoms with Crippen LogP contribution in [0.2, 0.25) is 0 Å². The van der Waals surface area contributed by atoms with Gasteiger partial charge in [-0.15, -0.1) is 0 Å². The zero-order valence-corrected chi connectivity index (χ0v) is 13.5. The summed E-state index contributed by atoms with van der Waals surface area (Å²) in [6, 6.07) is 6.33. The number of esters is 1. The molecular formula is C17H27NO2. The van der Waals surface area contributed by atoms with E-state index in [1.807, 2.05) is 0 Å². The molecule has 0 radical (unpaired) electrons. The van der Waals surface area contributed by atoms with Crippen molar-refractivity contribution in [3.05, 3.63) is 34.9 Å². The van der Waals surface area contributed by atoms with Crippen LogP contribution in [0.25, 0.3) is 0 Å². The van der Waals surface area contributed by atoms with E-state index in [-0.39, 0.29) is 24.0 Å². The number of nitrogens with one attached hydrogen (secondary N) is 1. The molecule has 0 spiro atoms. The van der Waals surface area contributed by atoms with Crippen molar-refractivity contribution in [1.29, 1.82) is 0 Å². The van der Waals surface area contributed by atoms with Crippen LogP contribution in [0.4, 0.5) is 0 Å². The Morgan fingerprint density at radius 2 is 1.75 bits per heavy atom. The first-order chi connectivity index (χ1) is 9.38. The van der Waals surface area contributed by atoms with Crippen molar-refractivity contribution in [1.82, 2.24) is 5.32 Å². The number of hydrogen-bond acceptors (Lipinski definition) is 3. The third-order valence-electron chi connectivity index (χ3n) is 3.84. The lowest BCUT2D eigenvalue weighted by molar-refractivity contribution is -0.144. The van der Waals surface area contributed by atoms with Crippen molar-refractivity contribution in [2.24, 2.45) is 5.92 Å². The molecule has 0 aromatic heterocycles. The lowest BCUT2D eigenvalue weighted by atomic mass is 9.96. The van der Waals surface area contributed by atoms with Crippen LogP contribution in [0.1, 0.15) is 49.9 Å². The summed E-state index contributed by atoms with van der Waals surface area (Å²) in [4.78, 5) is 11.9. The van der Waals surface area contributed by atoms with Crippen molar-refractivity contribution in [3.63, 3.8) is 0 Å². The summed E-state index contributed by atoms with van der Waals surface area (Å²) in [6.07, 6.45) is 0.937. The molecule has 1 rings (SSSR count). The zero-order chi connectivity index (χ0) is 15.3. The Morgan fingerprint density at radius 3 is 2.20 bits per heavy atom. The van der Waals surface area contributed by atoms with Crippen LogP contribution in [0.15, 0.2) is 18.2 Å². The van der Waals surface area contributed by atoms with Gasteiger partial charge in [-0.1, -0.05) is 49.6 Å². The van der Waals surface area contributed by atoms with E-state index in [1.54, 1.807) is 0 Å². The van der Waals surface area contributed by atoms with E-state index in [4.69, 9.17) is 4.74 Å². The second-order valence-electron chi connectivity index (χ2n) is 5.70. The number of aryl methyl sites for hydroxylation is 2. The molecule has 0 aliphatic rings. The summed E-state index contributed by atoms with van der Waals surface area (Å²) in [6.45, 7) is 10.4. The fraction of sp³-hybridized carbons (Fsp3) is 0.588. The Morgan fingerprint density at radius 1 is 1.20 bits per heavy atom. The number of hydrogen-bond donors (Lipinski definition) is 1. The fourth-order valence-corrected chi connectivity index (χ4v) is 2.45. The van der Waals surface area contributed by atoms with Crippen LogP contribution in [0.3, 0.4) is 0 Å². The maximum absolute atomic E-state index is 11.9. The zero-order valence-electron chi connectivity index (χ0n) is 13.5. The average Bonchev–Trinajstić information content (AvgIpc) is 2.41.